The van der Waals surface area contributed by atoms with Crippen LogP contribution in [-0.4, -0.2) is 63.2 Å². The Morgan fingerprint density at radius 2 is 1.77 bits per heavy atom. The van der Waals surface area contributed by atoms with Crippen molar-refractivity contribution in [2.24, 2.45) is 5.92 Å². The number of aromatic nitrogens is 4. The number of piperazine rings is 1. The van der Waals surface area contributed by atoms with Gasteiger partial charge in [0.2, 0.25) is 0 Å². The molecule has 0 amide bonds. The highest BCUT2D eigenvalue weighted by molar-refractivity contribution is 4.97. The molecule has 2 heterocycles. The second-order valence-electron chi connectivity index (χ2n) is 7.40. The molecule has 2 aliphatic rings. The lowest BCUT2D eigenvalue weighted by Crippen LogP contribution is -2.46. The van der Waals surface area contributed by atoms with E-state index >= 15 is 0 Å². The predicted molar refractivity (Wildman–Crippen MR) is 86.6 cm³/mol. The van der Waals surface area contributed by atoms with Gasteiger partial charge in [0, 0.05) is 26.2 Å². The van der Waals surface area contributed by atoms with Gasteiger partial charge in [0.25, 0.3) is 0 Å². The molecule has 2 fully saturated rings. The first-order valence-corrected chi connectivity index (χ1v) is 8.85. The number of rotatable bonds is 5. The number of hydrogen-bond donors (Lipinski definition) is 0. The standard InChI is InChI=1S/C16H30N6/c1-13(2)12-15(21-10-8-20(3)9-11-21)16-17-18-19-22(16)14-6-4-5-7-14/h13-15H,4-12H2,1-3H3/t15-/m1/s1. The van der Waals surface area contributed by atoms with E-state index in [0.29, 0.717) is 18.0 Å². The van der Waals surface area contributed by atoms with Crippen molar-refractivity contribution >= 4 is 0 Å². The predicted octanol–water partition coefficient (Wildman–Crippen LogP) is 2.12. The Kier molecular flexibility index (Phi) is 5.08. The van der Waals surface area contributed by atoms with E-state index < -0.39 is 0 Å². The van der Waals surface area contributed by atoms with Crippen LogP contribution >= 0.6 is 0 Å². The summed E-state index contributed by atoms with van der Waals surface area (Å²) < 4.78 is 2.15. The normalized spacial score (nSPS) is 23.5. The molecule has 1 aromatic rings. The molecule has 0 spiro atoms. The van der Waals surface area contributed by atoms with Crippen molar-refractivity contribution in [2.75, 3.05) is 33.2 Å². The second-order valence-corrected chi connectivity index (χ2v) is 7.40. The fourth-order valence-electron chi connectivity index (χ4n) is 3.83. The Morgan fingerprint density at radius 1 is 1.09 bits per heavy atom. The van der Waals surface area contributed by atoms with Gasteiger partial charge in [-0.15, -0.1) is 5.10 Å². The van der Waals surface area contributed by atoms with Gasteiger partial charge in [-0.3, -0.25) is 4.90 Å². The number of nitrogens with zero attached hydrogens (tertiary/aromatic N) is 6. The fourth-order valence-corrected chi connectivity index (χ4v) is 3.83. The molecule has 22 heavy (non-hydrogen) atoms. The lowest BCUT2D eigenvalue weighted by Gasteiger charge is -2.38. The maximum Gasteiger partial charge on any atom is 0.168 e. The summed E-state index contributed by atoms with van der Waals surface area (Å²) in [6.45, 7) is 9.11. The molecule has 1 aliphatic heterocycles. The molecule has 0 bridgehead atoms. The summed E-state index contributed by atoms with van der Waals surface area (Å²) in [5.41, 5.74) is 0. The van der Waals surface area contributed by atoms with E-state index in [2.05, 4.69) is 50.9 Å². The summed E-state index contributed by atoms with van der Waals surface area (Å²) in [6.07, 6.45) is 6.22. The molecular formula is C16H30N6. The highest BCUT2D eigenvalue weighted by atomic mass is 15.6. The average molecular weight is 306 g/mol. The van der Waals surface area contributed by atoms with E-state index in [-0.39, 0.29) is 0 Å². The first-order valence-electron chi connectivity index (χ1n) is 8.85. The van der Waals surface area contributed by atoms with Crippen LogP contribution < -0.4 is 0 Å². The minimum Gasteiger partial charge on any atom is -0.304 e. The zero-order chi connectivity index (χ0) is 15.5. The molecule has 6 nitrogen and oxygen atoms in total. The summed E-state index contributed by atoms with van der Waals surface area (Å²) in [5, 5.41) is 12.8. The van der Waals surface area contributed by atoms with E-state index in [0.717, 1.165) is 38.4 Å². The third-order valence-electron chi connectivity index (χ3n) is 5.16. The van der Waals surface area contributed by atoms with Crippen molar-refractivity contribution < 1.29 is 0 Å². The van der Waals surface area contributed by atoms with E-state index in [9.17, 15) is 0 Å². The van der Waals surface area contributed by atoms with Gasteiger partial charge in [0.05, 0.1) is 12.1 Å². The molecule has 0 aromatic carbocycles. The summed E-state index contributed by atoms with van der Waals surface area (Å²) >= 11 is 0. The fraction of sp³-hybridized carbons (Fsp3) is 0.938. The number of likely N-dealkylation sites (N-methyl/N-ethyl adjacent to an activating group) is 1. The van der Waals surface area contributed by atoms with Gasteiger partial charge in [-0.05, 0) is 42.7 Å². The van der Waals surface area contributed by atoms with Crippen molar-refractivity contribution in [1.82, 2.24) is 30.0 Å². The molecule has 124 valence electrons. The first-order chi connectivity index (χ1) is 10.6. The van der Waals surface area contributed by atoms with E-state index in [4.69, 9.17) is 0 Å². The quantitative estimate of drug-likeness (QED) is 0.834. The Morgan fingerprint density at radius 3 is 2.41 bits per heavy atom. The first kappa shape index (κ1) is 15.9. The lowest BCUT2D eigenvalue weighted by molar-refractivity contribution is 0.0921. The Labute approximate surface area is 133 Å². The molecule has 0 unspecified atom stereocenters. The molecule has 0 N–H and O–H groups in total. The van der Waals surface area contributed by atoms with Crippen LogP contribution in [0.2, 0.25) is 0 Å². The third-order valence-corrected chi connectivity index (χ3v) is 5.16. The van der Waals surface area contributed by atoms with Crippen LogP contribution in [0.5, 0.6) is 0 Å². The van der Waals surface area contributed by atoms with E-state index in [1.54, 1.807) is 0 Å². The summed E-state index contributed by atoms with van der Waals surface area (Å²) in [6, 6.07) is 0.886. The molecule has 1 atom stereocenters. The zero-order valence-electron chi connectivity index (χ0n) is 14.3. The molecular weight excluding hydrogens is 276 g/mol. The maximum atomic E-state index is 4.45. The minimum absolute atomic E-state index is 0.365. The molecule has 1 saturated heterocycles. The van der Waals surface area contributed by atoms with E-state index in [1.165, 1.54) is 25.7 Å². The molecule has 1 aliphatic carbocycles. The highest BCUT2D eigenvalue weighted by Crippen LogP contribution is 2.33. The molecule has 3 rings (SSSR count). The van der Waals surface area contributed by atoms with Gasteiger partial charge in [-0.25, -0.2) is 4.68 Å². The van der Waals surface area contributed by atoms with Crippen molar-refractivity contribution in [3.05, 3.63) is 5.82 Å². The minimum atomic E-state index is 0.365. The van der Waals surface area contributed by atoms with Gasteiger partial charge in [-0.2, -0.15) is 0 Å². The molecule has 1 saturated carbocycles. The summed E-state index contributed by atoms with van der Waals surface area (Å²) in [7, 11) is 2.21. The Bertz CT molecular complexity index is 457. The average Bonchev–Trinajstić information content (AvgIpc) is 3.16. The number of tetrazole rings is 1. The van der Waals surface area contributed by atoms with Crippen molar-refractivity contribution in [1.29, 1.82) is 0 Å². The van der Waals surface area contributed by atoms with E-state index in [1.807, 2.05) is 0 Å². The van der Waals surface area contributed by atoms with Gasteiger partial charge >= 0.3 is 0 Å². The van der Waals surface area contributed by atoms with Crippen LogP contribution in [0.25, 0.3) is 0 Å². The monoisotopic (exact) mass is 306 g/mol. The van der Waals surface area contributed by atoms with Crippen LogP contribution in [0, 0.1) is 5.92 Å². The molecule has 6 heteroatoms. The molecule has 1 aromatic heterocycles. The van der Waals surface area contributed by atoms with Crippen LogP contribution in [0.3, 0.4) is 0 Å². The lowest BCUT2D eigenvalue weighted by atomic mass is 10.0. The van der Waals surface area contributed by atoms with Crippen LogP contribution in [0.1, 0.15) is 63.9 Å². The largest absolute Gasteiger partial charge is 0.304 e. The zero-order valence-corrected chi connectivity index (χ0v) is 14.3. The van der Waals surface area contributed by atoms with Crippen LogP contribution in [0.4, 0.5) is 0 Å². The maximum absolute atomic E-state index is 4.45. The van der Waals surface area contributed by atoms with Crippen molar-refractivity contribution in [3.63, 3.8) is 0 Å². The third kappa shape index (κ3) is 3.49. The van der Waals surface area contributed by atoms with Gasteiger partial charge in [0.1, 0.15) is 0 Å². The van der Waals surface area contributed by atoms with Crippen LogP contribution in [0.15, 0.2) is 0 Å². The van der Waals surface area contributed by atoms with Crippen molar-refractivity contribution in [2.45, 2.75) is 58.0 Å². The summed E-state index contributed by atoms with van der Waals surface area (Å²) in [5.74, 6) is 1.75. The Hall–Kier alpha value is -1.01. The second kappa shape index (κ2) is 7.04. The Balaban J connectivity index is 1.81. The molecule has 0 radical (unpaired) electrons. The SMILES string of the molecule is CC(C)C[C@H](c1nnnn1C1CCCC1)N1CCN(C)CC1. The smallest absolute Gasteiger partial charge is 0.168 e. The van der Waals surface area contributed by atoms with Crippen LogP contribution in [-0.2, 0) is 0 Å². The van der Waals surface area contributed by atoms with Crippen molar-refractivity contribution in [3.8, 4) is 0 Å². The van der Waals surface area contributed by atoms with Gasteiger partial charge < -0.3 is 4.90 Å². The summed E-state index contributed by atoms with van der Waals surface area (Å²) in [4.78, 5) is 5.00. The van der Waals surface area contributed by atoms with Gasteiger partial charge in [-0.1, -0.05) is 26.7 Å². The highest BCUT2D eigenvalue weighted by Gasteiger charge is 2.31. The van der Waals surface area contributed by atoms with Gasteiger partial charge in [0.15, 0.2) is 5.82 Å². The number of hydrogen-bond acceptors (Lipinski definition) is 5. The topological polar surface area (TPSA) is 50.1 Å².